The van der Waals surface area contributed by atoms with E-state index in [1.54, 1.807) is 18.0 Å². The van der Waals surface area contributed by atoms with Gasteiger partial charge in [0, 0.05) is 0 Å². The van der Waals surface area contributed by atoms with Crippen LogP contribution in [0.5, 0.6) is 17.5 Å². The van der Waals surface area contributed by atoms with E-state index in [1.807, 2.05) is 84.4 Å². The van der Waals surface area contributed by atoms with Gasteiger partial charge in [0.15, 0.2) is 11.5 Å². The number of aryl methyl sites for hydroxylation is 1. The predicted molar refractivity (Wildman–Crippen MR) is 139 cm³/mol. The van der Waals surface area contributed by atoms with Crippen LogP contribution in [0.1, 0.15) is 28.3 Å². The molecule has 8 heteroatoms. The van der Waals surface area contributed by atoms with Crippen molar-refractivity contribution in [3.05, 3.63) is 114 Å². The number of fused-ring (bicyclic) bond motifs is 4. The highest BCUT2D eigenvalue weighted by Crippen LogP contribution is 2.49. The van der Waals surface area contributed by atoms with Crippen molar-refractivity contribution in [3.8, 4) is 34.6 Å². The van der Waals surface area contributed by atoms with Crippen molar-refractivity contribution in [2.45, 2.75) is 12.8 Å². The molecule has 6 aromatic rings. The number of methoxy groups -OCH3 is 1. The molecule has 7 rings (SSSR count). The average molecular weight is 487 g/mol. The van der Waals surface area contributed by atoms with Crippen LogP contribution in [-0.4, -0.2) is 36.5 Å². The first-order valence-corrected chi connectivity index (χ1v) is 12.0. The maximum atomic E-state index is 6.49. The Hall–Kier alpha value is -4.98. The van der Waals surface area contributed by atoms with Crippen molar-refractivity contribution >= 4 is 5.65 Å². The molecule has 0 amide bonds. The van der Waals surface area contributed by atoms with E-state index < -0.39 is 0 Å². The minimum absolute atomic E-state index is 0.191. The summed E-state index contributed by atoms with van der Waals surface area (Å²) in [5, 5.41) is 9.63. The fourth-order valence-corrected chi connectivity index (χ4v) is 5.04. The Morgan fingerprint density at radius 3 is 2.35 bits per heavy atom. The number of rotatable bonds is 4. The van der Waals surface area contributed by atoms with Crippen molar-refractivity contribution in [1.82, 2.24) is 29.4 Å². The molecule has 0 saturated carbocycles. The molecule has 3 aromatic carbocycles. The number of nitrogens with zero attached hydrogens (tertiary/aromatic N) is 6. The molecule has 0 N–H and O–H groups in total. The standard InChI is InChI=1S/C29H22N6O2/c1-18-23-24(19-11-5-3-6-12-19)25-27-31-26(21-15-9-10-16-22(21)36-2)33-34(27)17-30-28(25)37-29(23)35(32-18)20-13-7-4-8-14-20/h3-17,24H,1-2H3. The molecule has 1 aliphatic heterocycles. The van der Waals surface area contributed by atoms with Crippen molar-refractivity contribution in [2.24, 2.45) is 0 Å². The van der Waals surface area contributed by atoms with Gasteiger partial charge in [-0.1, -0.05) is 60.7 Å². The lowest BCUT2D eigenvalue weighted by atomic mass is 9.84. The molecule has 3 aromatic heterocycles. The zero-order valence-corrected chi connectivity index (χ0v) is 20.2. The van der Waals surface area contributed by atoms with Crippen LogP contribution in [0, 0.1) is 6.92 Å². The number of hydrogen-bond donors (Lipinski definition) is 0. The number of benzene rings is 3. The molecule has 0 radical (unpaired) electrons. The van der Waals surface area contributed by atoms with E-state index >= 15 is 0 Å². The van der Waals surface area contributed by atoms with E-state index in [1.165, 1.54) is 0 Å². The molecular formula is C29H22N6O2. The van der Waals surface area contributed by atoms with Gasteiger partial charge >= 0.3 is 0 Å². The molecule has 0 aliphatic carbocycles. The third kappa shape index (κ3) is 3.30. The van der Waals surface area contributed by atoms with Gasteiger partial charge in [0.25, 0.3) is 0 Å². The normalized spacial score (nSPS) is 14.2. The van der Waals surface area contributed by atoms with E-state index in [4.69, 9.17) is 24.7 Å². The van der Waals surface area contributed by atoms with Crippen LogP contribution in [0.2, 0.25) is 0 Å². The van der Waals surface area contributed by atoms with Crippen molar-refractivity contribution in [3.63, 3.8) is 0 Å². The van der Waals surface area contributed by atoms with Crippen molar-refractivity contribution in [2.75, 3.05) is 7.11 Å². The Bertz CT molecular complexity index is 1760. The highest BCUT2D eigenvalue weighted by atomic mass is 16.5. The molecule has 0 fully saturated rings. The van der Waals surface area contributed by atoms with Gasteiger partial charge in [-0.05, 0) is 36.8 Å². The second-order valence-corrected chi connectivity index (χ2v) is 8.86. The summed E-state index contributed by atoms with van der Waals surface area (Å²) >= 11 is 0. The lowest BCUT2D eigenvalue weighted by Crippen LogP contribution is -2.16. The second kappa shape index (κ2) is 8.30. The first-order chi connectivity index (χ1) is 18.2. The predicted octanol–water partition coefficient (Wildman–Crippen LogP) is 5.58. The molecule has 0 bridgehead atoms. The molecule has 1 aliphatic rings. The molecule has 1 atom stereocenters. The summed E-state index contributed by atoms with van der Waals surface area (Å²) in [4.78, 5) is 9.65. The van der Waals surface area contributed by atoms with E-state index in [0.29, 0.717) is 29.0 Å². The quantitative estimate of drug-likeness (QED) is 0.323. The summed E-state index contributed by atoms with van der Waals surface area (Å²) in [7, 11) is 1.64. The second-order valence-electron chi connectivity index (χ2n) is 8.86. The lowest BCUT2D eigenvalue weighted by molar-refractivity contribution is 0.402. The van der Waals surface area contributed by atoms with Crippen molar-refractivity contribution in [1.29, 1.82) is 0 Å². The maximum Gasteiger partial charge on any atom is 0.230 e. The van der Waals surface area contributed by atoms with Crippen LogP contribution < -0.4 is 9.47 Å². The number of hydrogen-bond acceptors (Lipinski definition) is 6. The summed E-state index contributed by atoms with van der Waals surface area (Å²) in [6.07, 6.45) is 1.64. The fourth-order valence-electron chi connectivity index (χ4n) is 5.04. The summed E-state index contributed by atoms with van der Waals surface area (Å²) in [5.74, 6) is 2.22. The van der Waals surface area contributed by atoms with Gasteiger partial charge in [-0.25, -0.2) is 19.2 Å². The molecule has 8 nitrogen and oxygen atoms in total. The molecule has 4 heterocycles. The van der Waals surface area contributed by atoms with Gasteiger partial charge in [-0.3, -0.25) is 0 Å². The van der Waals surface area contributed by atoms with Crippen molar-refractivity contribution < 1.29 is 9.47 Å². The van der Waals surface area contributed by atoms with Crippen LogP contribution in [0.25, 0.3) is 22.7 Å². The van der Waals surface area contributed by atoms with Gasteiger partial charge in [0.2, 0.25) is 11.8 Å². The summed E-state index contributed by atoms with van der Waals surface area (Å²) in [6, 6.07) is 28.0. The lowest BCUT2D eigenvalue weighted by Gasteiger charge is -2.26. The largest absolute Gasteiger partial charge is 0.496 e. The van der Waals surface area contributed by atoms with Gasteiger partial charge in [0.05, 0.1) is 41.1 Å². The van der Waals surface area contributed by atoms with Crippen LogP contribution in [0.15, 0.2) is 91.3 Å². The zero-order chi connectivity index (χ0) is 24.9. The highest BCUT2D eigenvalue weighted by Gasteiger charge is 2.38. The third-order valence-electron chi connectivity index (χ3n) is 6.70. The average Bonchev–Trinajstić information content (AvgIpc) is 3.54. The first kappa shape index (κ1) is 21.3. The Labute approximate surface area is 212 Å². The molecule has 37 heavy (non-hydrogen) atoms. The topological polar surface area (TPSA) is 79.4 Å². The SMILES string of the molecule is COc1ccccc1-c1nc2c3c(ncn2n1)Oc1c(c(C)nn1-c1ccccc1)C3c1ccccc1. The van der Waals surface area contributed by atoms with Crippen LogP contribution in [0.3, 0.4) is 0 Å². The highest BCUT2D eigenvalue weighted by molar-refractivity contribution is 5.70. The fraction of sp³-hybridized carbons (Fsp3) is 0.103. The monoisotopic (exact) mass is 486 g/mol. The van der Waals surface area contributed by atoms with Gasteiger partial charge in [0.1, 0.15) is 12.1 Å². The Morgan fingerprint density at radius 2 is 1.57 bits per heavy atom. The Balaban J connectivity index is 1.49. The molecule has 1 unspecified atom stereocenters. The van der Waals surface area contributed by atoms with Crippen LogP contribution >= 0.6 is 0 Å². The van der Waals surface area contributed by atoms with E-state index in [0.717, 1.165) is 33.6 Å². The smallest absolute Gasteiger partial charge is 0.230 e. The molecular weight excluding hydrogens is 464 g/mol. The Morgan fingerprint density at radius 1 is 0.838 bits per heavy atom. The number of ether oxygens (including phenoxy) is 2. The Kier molecular flexibility index (Phi) is 4.78. The first-order valence-electron chi connectivity index (χ1n) is 12.0. The minimum atomic E-state index is -0.191. The number of aromatic nitrogens is 6. The summed E-state index contributed by atoms with van der Waals surface area (Å²) < 4.78 is 15.6. The third-order valence-corrected chi connectivity index (χ3v) is 6.70. The summed E-state index contributed by atoms with van der Waals surface area (Å²) in [5.41, 5.74) is 6.22. The van der Waals surface area contributed by atoms with Gasteiger partial charge in [-0.2, -0.15) is 5.10 Å². The van der Waals surface area contributed by atoms with Crippen LogP contribution in [0.4, 0.5) is 0 Å². The van der Waals surface area contributed by atoms with Gasteiger partial charge in [-0.15, -0.1) is 5.10 Å². The summed E-state index contributed by atoms with van der Waals surface area (Å²) in [6.45, 7) is 2.01. The molecule has 0 spiro atoms. The maximum absolute atomic E-state index is 6.49. The van der Waals surface area contributed by atoms with Gasteiger partial charge < -0.3 is 9.47 Å². The number of para-hydroxylation sites is 2. The van der Waals surface area contributed by atoms with E-state index in [2.05, 4.69) is 17.1 Å². The van der Waals surface area contributed by atoms with Crippen LogP contribution in [-0.2, 0) is 0 Å². The molecule has 0 saturated heterocycles. The van der Waals surface area contributed by atoms with E-state index in [9.17, 15) is 0 Å². The minimum Gasteiger partial charge on any atom is -0.496 e. The van der Waals surface area contributed by atoms with E-state index in [-0.39, 0.29) is 5.92 Å². The molecule has 180 valence electrons. The zero-order valence-electron chi connectivity index (χ0n) is 20.2.